The van der Waals surface area contributed by atoms with Crippen molar-refractivity contribution in [3.8, 4) is 0 Å². The smallest absolute Gasteiger partial charge is 0.421 e. The predicted molar refractivity (Wildman–Crippen MR) is 185 cm³/mol. The van der Waals surface area contributed by atoms with Gasteiger partial charge in [0.05, 0.1) is 36.8 Å². The van der Waals surface area contributed by atoms with Crippen LogP contribution in [0.1, 0.15) is 57.4 Å². The van der Waals surface area contributed by atoms with Gasteiger partial charge in [-0.15, -0.1) is 11.3 Å². The van der Waals surface area contributed by atoms with E-state index in [-0.39, 0.29) is 32.6 Å². The molecule has 16 heteroatoms. The molecule has 1 amide bonds. The zero-order valence-electron chi connectivity index (χ0n) is 27.9. The second-order valence-corrected chi connectivity index (χ2v) is 22.1. The van der Waals surface area contributed by atoms with Crippen LogP contribution in [-0.2, 0) is 41.2 Å². The fourth-order valence-corrected chi connectivity index (χ4v) is 9.50. The molecule has 1 aliphatic rings. The third-order valence-corrected chi connectivity index (χ3v) is 17.5. The number of rotatable bonds is 10. The Morgan fingerprint density at radius 3 is 2.42 bits per heavy atom. The Morgan fingerprint density at radius 2 is 1.81 bits per heavy atom. The number of fused-ring (bicyclic) bond motifs is 2. The van der Waals surface area contributed by atoms with E-state index in [1.54, 1.807) is 37.1 Å². The number of nitrogens with zero attached hydrogens (tertiary/aromatic N) is 5. The van der Waals surface area contributed by atoms with Gasteiger partial charge in [-0.2, -0.15) is 17.8 Å². The number of sulfonamides is 1. The van der Waals surface area contributed by atoms with Crippen LogP contribution in [0.4, 0.5) is 4.79 Å². The number of amides is 1. The minimum absolute atomic E-state index is 0.00260. The number of hydrogen-bond donors (Lipinski definition) is 1. The molecule has 0 aliphatic heterocycles. The summed E-state index contributed by atoms with van der Waals surface area (Å²) in [6.45, 7) is 12.7. The van der Waals surface area contributed by atoms with Crippen molar-refractivity contribution in [3.05, 3.63) is 80.5 Å². The minimum Gasteiger partial charge on any atom is -0.464 e. The lowest BCUT2D eigenvalue weighted by Crippen LogP contribution is -2.43. The number of aryl methyl sites for hydroxylation is 1. The molecule has 4 heterocycles. The van der Waals surface area contributed by atoms with Crippen LogP contribution in [0, 0.1) is 0 Å². The molecule has 0 bridgehead atoms. The standard InChI is InChI=1S/C32H39N5O8S2Si/c1-31(2,3)48(6,7)44-19-23-13-22-12-20(8-9-25(22)45-23)17-36-28-24(27(38)35(29(36)39)18-21-15-33-34(5)16-21)14-26(46-28)47(42,43)37(30(40)41)32(4)10-11-32/h8-9,12-16H,10-11,17-19H2,1-7H3,(H,40,41). The summed E-state index contributed by atoms with van der Waals surface area (Å²) < 4.78 is 43.9. The van der Waals surface area contributed by atoms with Crippen LogP contribution in [0.25, 0.3) is 21.2 Å². The molecule has 0 unspecified atom stereocenters. The Bertz CT molecular complexity index is 2300. The second kappa shape index (κ2) is 11.6. The highest BCUT2D eigenvalue weighted by atomic mass is 32.2. The van der Waals surface area contributed by atoms with Crippen LogP contribution in [0.3, 0.4) is 0 Å². The van der Waals surface area contributed by atoms with Gasteiger partial charge in [0.15, 0.2) is 8.32 Å². The summed E-state index contributed by atoms with van der Waals surface area (Å²) in [4.78, 5) is 40.1. The van der Waals surface area contributed by atoms with Gasteiger partial charge >= 0.3 is 11.8 Å². The maximum atomic E-state index is 14.0. The van der Waals surface area contributed by atoms with Crippen LogP contribution in [0.5, 0.6) is 0 Å². The fraction of sp³-hybridized carbons (Fsp3) is 0.438. The maximum absolute atomic E-state index is 14.0. The van der Waals surface area contributed by atoms with E-state index in [1.807, 2.05) is 18.2 Å². The molecule has 1 fully saturated rings. The van der Waals surface area contributed by atoms with Crippen molar-refractivity contribution in [2.45, 2.75) is 88.1 Å². The van der Waals surface area contributed by atoms with E-state index in [4.69, 9.17) is 8.84 Å². The van der Waals surface area contributed by atoms with Gasteiger partial charge in [0.1, 0.15) is 20.4 Å². The Morgan fingerprint density at radius 1 is 1.12 bits per heavy atom. The van der Waals surface area contributed by atoms with Crippen LogP contribution in [0.15, 0.2) is 60.9 Å². The first-order chi connectivity index (χ1) is 22.3. The normalized spacial score (nSPS) is 15.0. The molecule has 0 spiro atoms. The second-order valence-electron chi connectivity index (χ2n) is 14.2. The lowest BCUT2D eigenvalue weighted by molar-refractivity contribution is 0.159. The number of carboxylic acid groups (broad SMARTS) is 1. The van der Waals surface area contributed by atoms with Gasteiger partial charge in [-0.25, -0.2) is 9.59 Å². The third-order valence-electron chi connectivity index (χ3n) is 9.46. The highest BCUT2D eigenvalue weighted by Gasteiger charge is 2.53. The van der Waals surface area contributed by atoms with E-state index in [0.717, 1.165) is 9.95 Å². The van der Waals surface area contributed by atoms with Crippen molar-refractivity contribution in [1.29, 1.82) is 0 Å². The van der Waals surface area contributed by atoms with E-state index in [1.165, 1.54) is 10.6 Å². The molecule has 6 rings (SSSR count). The van der Waals surface area contributed by atoms with E-state index in [2.05, 4.69) is 39.0 Å². The summed E-state index contributed by atoms with van der Waals surface area (Å²) in [5.41, 5.74) is -0.401. The summed E-state index contributed by atoms with van der Waals surface area (Å²) in [7, 11) is -4.83. The molecule has 13 nitrogen and oxygen atoms in total. The van der Waals surface area contributed by atoms with Crippen LogP contribution < -0.4 is 11.2 Å². The Hall–Kier alpha value is -3.99. The average molecular weight is 714 g/mol. The van der Waals surface area contributed by atoms with Gasteiger partial charge in [0.25, 0.3) is 15.6 Å². The highest BCUT2D eigenvalue weighted by molar-refractivity contribution is 7.92. The monoisotopic (exact) mass is 713 g/mol. The van der Waals surface area contributed by atoms with E-state index in [0.29, 0.717) is 57.6 Å². The zero-order chi connectivity index (χ0) is 35.0. The summed E-state index contributed by atoms with van der Waals surface area (Å²) >= 11 is 0.715. The molecule has 1 N–H and O–H groups in total. The number of furan rings is 1. The minimum atomic E-state index is -4.54. The molecule has 5 aromatic rings. The first kappa shape index (κ1) is 33.9. The summed E-state index contributed by atoms with van der Waals surface area (Å²) in [5.74, 6) is 0.678. The van der Waals surface area contributed by atoms with Gasteiger partial charge in [0, 0.05) is 24.2 Å². The number of hydrogen-bond acceptors (Lipinski definition) is 9. The lowest BCUT2D eigenvalue weighted by Gasteiger charge is -2.35. The Labute approximate surface area is 282 Å². The molecular weight excluding hydrogens is 675 g/mol. The largest absolute Gasteiger partial charge is 0.464 e. The maximum Gasteiger partial charge on any atom is 0.421 e. The van der Waals surface area contributed by atoms with E-state index in [9.17, 15) is 27.9 Å². The molecule has 1 aromatic carbocycles. The number of thiophene rings is 1. The lowest BCUT2D eigenvalue weighted by atomic mass is 10.1. The zero-order valence-corrected chi connectivity index (χ0v) is 30.6. The summed E-state index contributed by atoms with van der Waals surface area (Å²) in [6.07, 6.45) is 2.43. The van der Waals surface area contributed by atoms with Gasteiger partial charge in [-0.05, 0) is 67.7 Å². The van der Waals surface area contributed by atoms with Crippen molar-refractivity contribution in [3.63, 3.8) is 0 Å². The highest BCUT2D eigenvalue weighted by Crippen LogP contribution is 2.45. The topological polar surface area (TPSA) is 159 Å². The molecule has 1 aliphatic carbocycles. The summed E-state index contributed by atoms with van der Waals surface area (Å²) in [5, 5.41) is 14.9. The van der Waals surface area contributed by atoms with Crippen molar-refractivity contribution < 1.29 is 27.2 Å². The molecule has 0 saturated heterocycles. The van der Waals surface area contributed by atoms with Crippen LogP contribution in [0.2, 0.25) is 18.1 Å². The predicted octanol–water partition coefficient (Wildman–Crippen LogP) is 5.54. The average Bonchev–Trinajstić information content (AvgIpc) is 3.35. The van der Waals surface area contributed by atoms with Gasteiger partial charge < -0.3 is 13.9 Å². The molecule has 0 atom stereocenters. The first-order valence-electron chi connectivity index (χ1n) is 15.5. The van der Waals surface area contributed by atoms with Crippen LogP contribution >= 0.6 is 11.3 Å². The van der Waals surface area contributed by atoms with Gasteiger partial charge in [-0.1, -0.05) is 26.8 Å². The fourth-order valence-electron chi connectivity index (χ4n) is 5.39. The van der Waals surface area contributed by atoms with Gasteiger partial charge in [-0.3, -0.25) is 18.6 Å². The molecule has 256 valence electrons. The number of aromatic nitrogens is 4. The first-order valence-corrected chi connectivity index (χ1v) is 20.7. The van der Waals surface area contributed by atoms with Crippen molar-refractivity contribution >= 4 is 57.0 Å². The Balaban J connectivity index is 1.43. The van der Waals surface area contributed by atoms with Crippen LogP contribution in [-0.4, -0.2) is 56.7 Å². The number of carbonyl (C=O) groups is 1. The van der Waals surface area contributed by atoms with E-state index >= 15 is 0 Å². The van der Waals surface area contributed by atoms with E-state index < -0.39 is 41.2 Å². The third kappa shape index (κ3) is 6.06. The molecule has 4 aromatic heterocycles. The van der Waals surface area contributed by atoms with Gasteiger partial charge in [0.2, 0.25) is 0 Å². The van der Waals surface area contributed by atoms with Crippen molar-refractivity contribution in [2.75, 3.05) is 0 Å². The molecular formula is C32H39N5O8S2Si. The van der Waals surface area contributed by atoms with Crippen molar-refractivity contribution in [2.24, 2.45) is 7.05 Å². The quantitative estimate of drug-likeness (QED) is 0.183. The number of benzene rings is 1. The SMILES string of the molecule is Cn1cc(Cn2c(=O)c3cc(S(=O)(=O)N(C(=O)O)C4(C)CC4)sc3n(Cc3ccc4oc(CO[Si](C)(C)C(C)(C)C)cc4c3)c2=O)cn1. The molecule has 48 heavy (non-hydrogen) atoms. The van der Waals surface area contributed by atoms with Crippen molar-refractivity contribution in [1.82, 2.24) is 23.2 Å². The molecule has 0 radical (unpaired) electrons. The Kier molecular flexibility index (Phi) is 8.17. The molecule has 1 saturated carbocycles. The summed E-state index contributed by atoms with van der Waals surface area (Å²) in [6, 6.07) is 8.59.